The van der Waals surface area contributed by atoms with E-state index < -0.39 is 30.2 Å². The summed E-state index contributed by atoms with van der Waals surface area (Å²) in [5.74, 6) is -0.517. The smallest absolute Gasteiger partial charge is 0.416 e. The van der Waals surface area contributed by atoms with Crippen molar-refractivity contribution < 1.29 is 37.0 Å². The fourth-order valence-corrected chi connectivity index (χ4v) is 4.06. The summed E-state index contributed by atoms with van der Waals surface area (Å²) < 4.78 is 48.8. The molecule has 0 aromatic heterocycles. The first-order chi connectivity index (χ1) is 17.0. The van der Waals surface area contributed by atoms with Crippen molar-refractivity contribution in [2.24, 2.45) is 11.8 Å². The van der Waals surface area contributed by atoms with Gasteiger partial charge >= 0.3 is 12.1 Å². The molecule has 3 unspecified atom stereocenters. The summed E-state index contributed by atoms with van der Waals surface area (Å²) in [5, 5.41) is 5.28. The molecule has 1 aliphatic rings. The molecule has 2 aromatic rings. The number of hydrogen-bond acceptors (Lipinski definition) is 5. The standard InChI is InChI=1S/C26H29F3N2O5/c1-16-5-3-8-22(17(16)2)31-24(33)15-36-25(34)18-9-11-21(12-10-18)35-14-23(32)30-20-7-4-6-19(13-20)26(27,28)29/h4,6-7,9-13,16-17,22H,3,5,8,14-15H2,1-2H3,(H,30,32)(H,31,33). The topological polar surface area (TPSA) is 93.7 Å². The molecule has 194 valence electrons. The zero-order chi connectivity index (χ0) is 26.3. The van der Waals surface area contributed by atoms with Crippen LogP contribution in [0.3, 0.4) is 0 Å². The lowest BCUT2D eigenvalue weighted by Gasteiger charge is -2.34. The molecule has 0 aliphatic heterocycles. The SMILES string of the molecule is CC1CCCC(NC(=O)COC(=O)c2ccc(OCC(=O)Nc3cccc(C(F)(F)F)c3)cc2)C1C. The summed E-state index contributed by atoms with van der Waals surface area (Å²) >= 11 is 0. The summed E-state index contributed by atoms with van der Waals surface area (Å²) in [7, 11) is 0. The molecule has 0 radical (unpaired) electrons. The zero-order valence-electron chi connectivity index (χ0n) is 20.1. The molecule has 2 aromatic carbocycles. The molecular weight excluding hydrogens is 477 g/mol. The fourth-order valence-electron chi connectivity index (χ4n) is 4.06. The van der Waals surface area contributed by atoms with Gasteiger partial charge in [0, 0.05) is 11.7 Å². The van der Waals surface area contributed by atoms with Gasteiger partial charge in [-0.15, -0.1) is 0 Å². The number of ether oxygens (including phenoxy) is 2. The van der Waals surface area contributed by atoms with Gasteiger partial charge in [-0.3, -0.25) is 9.59 Å². The van der Waals surface area contributed by atoms with E-state index in [-0.39, 0.29) is 35.6 Å². The van der Waals surface area contributed by atoms with Gasteiger partial charge in [-0.2, -0.15) is 13.2 Å². The molecule has 1 saturated carbocycles. The monoisotopic (exact) mass is 506 g/mol. The second-order valence-electron chi connectivity index (χ2n) is 8.96. The Morgan fingerprint density at radius 2 is 1.69 bits per heavy atom. The Morgan fingerprint density at radius 1 is 0.972 bits per heavy atom. The van der Waals surface area contributed by atoms with Crippen LogP contribution in [0.25, 0.3) is 0 Å². The molecule has 1 aliphatic carbocycles. The van der Waals surface area contributed by atoms with Crippen LogP contribution in [0.4, 0.5) is 18.9 Å². The molecule has 3 atom stereocenters. The van der Waals surface area contributed by atoms with Crippen molar-refractivity contribution in [1.82, 2.24) is 5.32 Å². The van der Waals surface area contributed by atoms with Crippen molar-refractivity contribution in [2.75, 3.05) is 18.5 Å². The maximum atomic E-state index is 12.8. The quantitative estimate of drug-likeness (QED) is 0.501. The van der Waals surface area contributed by atoms with E-state index in [1.54, 1.807) is 0 Å². The minimum atomic E-state index is -4.52. The Bertz CT molecular complexity index is 1070. The molecular formula is C26H29F3N2O5. The summed E-state index contributed by atoms with van der Waals surface area (Å²) in [4.78, 5) is 36.5. The van der Waals surface area contributed by atoms with Crippen LogP contribution in [0.2, 0.25) is 0 Å². The van der Waals surface area contributed by atoms with Gasteiger partial charge in [0.05, 0.1) is 11.1 Å². The highest BCUT2D eigenvalue weighted by Gasteiger charge is 2.30. The van der Waals surface area contributed by atoms with E-state index in [0.717, 1.165) is 31.4 Å². The van der Waals surface area contributed by atoms with Gasteiger partial charge in [0.25, 0.3) is 11.8 Å². The predicted molar refractivity (Wildman–Crippen MR) is 126 cm³/mol. The number of alkyl halides is 3. The number of carbonyl (C=O) groups excluding carboxylic acids is 3. The Kier molecular flexibility index (Phi) is 8.95. The van der Waals surface area contributed by atoms with Crippen LogP contribution in [0.15, 0.2) is 48.5 Å². The minimum absolute atomic E-state index is 0.00647. The van der Waals surface area contributed by atoms with Gasteiger partial charge in [-0.1, -0.05) is 32.8 Å². The average Bonchev–Trinajstić information content (AvgIpc) is 2.84. The lowest BCUT2D eigenvalue weighted by Crippen LogP contribution is -2.45. The van der Waals surface area contributed by atoms with Crippen molar-refractivity contribution in [3.05, 3.63) is 59.7 Å². The van der Waals surface area contributed by atoms with Gasteiger partial charge in [0.15, 0.2) is 13.2 Å². The minimum Gasteiger partial charge on any atom is -0.484 e. The number of hydrogen-bond donors (Lipinski definition) is 2. The Hall–Kier alpha value is -3.56. The lowest BCUT2D eigenvalue weighted by molar-refractivity contribution is -0.137. The zero-order valence-corrected chi connectivity index (χ0v) is 20.1. The molecule has 0 spiro atoms. The molecule has 36 heavy (non-hydrogen) atoms. The molecule has 7 nitrogen and oxygen atoms in total. The van der Waals surface area contributed by atoms with Crippen molar-refractivity contribution >= 4 is 23.5 Å². The number of rotatable bonds is 8. The molecule has 0 bridgehead atoms. The molecule has 10 heteroatoms. The van der Waals surface area contributed by atoms with Gasteiger partial charge in [0.2, 0.25) is 0 Å². The number of esters is 1. The summed E-state index contributed by atoms with van der Waals surface area (Å²) in [6.45, 7) is 3.45. The fraction of sp³-hybridized carbons (Fsp3) is 0.423. The number of anilines is 1. The van der Waals surface area contributed by atoms with Crippen LogP contribution in [0.5, 0.6) is 5.75 Å². The van der Waals surface area contributed by atoms with E-state index in [1.807, 2.05) is 0 Å². The third-order valence-electron chi connectivity index (χ3n) is 6.32. The largest absolute Gasteiger partial charge is 0.484 e. The molecule has 3 rings (SSSR count). The van der Waals surface area contributed by atoms with Gasteiger partial charge in [-0.25, -0.2) is 4.79 Å². The first kappa shape index (κ1) is 27.0. The second kappa shape index (κ2) is 11.9. The second-order valence-corrected chi connectivity index (χ2v) is 8.96. The maximum Gasteiger partial charge on any atom is 0.416 e. The van der Waals surface area contributed by atoms with Gasteiger partial charge < -0.3 is 20.1 Å². The van der Waals surface area contributed by atoms with E-state index in [1.165, 1.54) is 36.4 Å². The third-order valence-corrected chi connectivity index (χ3v) is 6.32. The number of benzene rings is 2. The van der Waals surface area contributed by atoms with E-state index in [9.17, 15) is 27.6 Å². The van der Waals surface area contributed by atoms with Crippen LogP contribution >= 0.6 is 0 Å². The van der Waals surface area contributed by atoms with Crippen molar-refractivity contribution in [2.45, 2.75) is 45.3 Å². The van der Waals surface area contributed by atoms with E-state index in [2.05, 4.69) is 24.5 Å². The number of nitrogens with one attached hydrogen (secondary N) is 2. The summed E-state index contributed by atoms with van der Waals surface area (Å²) in [6.07, 6.45) is -1.42. The maximum absolute atomic E-state index is 12.8. The van der Waals surface area contributed by atoms with Gasteiger partial charge in [-0.05, 0) is 60.7 Å². The van der Waals surface area contributed by atoms with Crippen LogP contribution in [-0.4, -0.2) is 37.0 Å². The number of amides is 2. The molecule has 0 heterocycles. The van der Waals surface area contributed by atoms with Crippen LogP contribution in [-0.2, 0) is 20.5 Å². The Labute approximate surface area is 207 Å². The number of halogens is 3. The van der Waals surface area contributed by atoms with Crippen LogP contribution < -0.4 is 15.4 Å². The molecule has 2 N–H and O–H groups in total. The van der Waals surface area contributed by atoms with Crippen molar-refractivity contribution in [1.29, 1.82) is 0 Å². The van der Waals surface area contributed by atoms with Crippen LogP contribution in [0.1, 0.15) is 49.0 Å². The first-order valence-electron chi connectivity index (χ1n) is 11.7. The van der Waals surface area contributed by atoms with E-state index in [4.69, 9.17) is 9.47 Å². The highest BCUT2D eigenvalue weighted by molar-refractivity contribution is 5.92. The normalized spacial score (nSPS) is 19.8. The highest BCUT2D eigenvalue weighted by Crippen LogP contribution is 2.31. The first-order valence-corrected chi connectivity index (χ1v) is 11.7. The van der Waals surface area contributed by atoms with E-state index in [0.29, 0.717) is 11.8 Å². The third kappa shape index (κ3) is 7.73. The highest BCUT2D eigenvalue weighted by atomic mass is 19.4. The average molecular weight is 507 g/mol. The van der Waals surface area contributed by atoms with Crippen molar-refractivity contribution in [3.8, 4) is 5.75 Å². The Balaban J connectivity index is 1.43. The molecule has 0 saturated heterocycles. The van der Waals surface area contributed by atoms with Gasteiger partial charge in [0.1, 0.15) is 5.75 Å². The van der Waals surface area contributed by atoms with Crippen molar-refractivity contribution in [3.63, 3.8) is 0 Å². The summed E-state index contributed by atoms with van der Waals surface area (Å²) in [6, 6.07) is 10.1. The number of carbonyl (C=O) groups is 3. The lowest BCUT2D eigenvalue weighted by atomic mass is 9.78. The molecule has 1 fully saturated rings. The predicted octanol–water partition coefficient (Wildman–Crippen LogP) is 4.82. The summed E-state index contributed by atoms with van der Waals surface area (Å²) in [5.41, 5.74) is -0.685. The van der Waals surface area contributed by atoms with Crippen LogP contribution in [0, 0.1) is 11.8 Å². The Morgan fingerprint density at radius 3 is 2.39 bits per heavy atom. The molecule has 2 amide bonds. The van der Waals surface area contributed by atoms with E-state index >= 15 is 0 Å².